The minimum absolute atomic E-state index is 0.00617. The van der Waals surface area contributed by atoms with Gasteiger partial charge in [-0.05, 0) is 0 Å². The first-order chi connectivity index (χ1) is 8.82. The fourth-order valence-corrected chi connectivity index (χ4v) is 4.00. The van der Waals surface area contributed by atoms with E-state index in [1.54, 1.807) is 0 Å². The van der Waals surface area contributed by atoms with Crippen molar-refractivity contribution in [2.24, 2.45) is 28.2 Å². The Morgan fingerprint density at radius 2 is 1.05 bits per heavy atom. The molecule has 19 heavy (non-hydrogen) atoms. The first-order valence-corrected chi connectivity index (χ1v) is 7.40. The van der Waals surface area contributed by atoms with Crippen molar-refractivity contribution in [3.63, 3.8) is 0 Å². The van der Waals surface area contributed by atoms with E-state index in [0.717, 1.165) is 0 Å². The third-order valence-electron chi connectivity index (χ3n) is 2.22. The molecule has 2 aromatic rings. The Kier molecular flexibility index (Phi) is 5.28. The zero-order valence-electron chi connectivity index (χ0n) is 11.1. The van der Waals surface area contributed by atoms with Crippen molar-refractivity contribution >= 4 is 0 Å². The van der Waals surface area contributed by atoms with Gasteiger partial charge in [0.15, 0.2) is 0 Å². The van der Waals surface area contributed by atoms with Crippen molar-refractivity contribution in [1.82, 2.24) is 18.3 Å². The van der Waals surface area contributed by atoms with Gasteiger partial charge < -0.3 is 15.3 Å². The van der Waals surface area contributed by atoms with Crippen LogP contribution in [0.25, 0.3) is 0 Å². The molecule has 0 N–H and O–H groups in total. The molecule has 0 amide bonds. The molecule has 0 aromatic carbocycles. The molecule has 2 rings (SSSR count). The summed E-state index contributed by atoms with van der Waals surface area (Å²) >= 11 is -0.00617. The van der Waals surface area contributed by atoms with E-state index in [-0.39, 0.29) is 18.8 Å². The quantitative estimate of drug-likeness (QED) is 0.335. The second-order valence-electron chi connectivity index (χ2n) is 3.81. The molecule has 0 saturated heterocycles. The molecule has 0 aliphatic carbocycles. The Labute approximate surface area is 118 Å². The van der Waals surface area contributed by atoms with E-state index < -0.39 is 5.09 Å². The topological polar surface area (TPSA) is 85.9 Å². The molecule has 2 aromatic heterocycles. The van der Waals surface area contributed by atoms with Crippen molar-refractivity contribution in [2.45, 2.75) is 0 Å². The van der Waals surface area contributed by atoms with E-state index in [9.17, 15) is 0 Å². The van der Waals surface area contributed by atoms with Gasteiger partial charge >= 0.3 is 97.3 Å². The summed E-state index contributed by atoms with van der Waals surface area (Å²) in [7, 11) is 8.42. The van der Waals surface area contributed by atoms with Crippen LogP contribution in [0.3, 0.4) is 0 Å². The Balaban J connectivity index is 0.000000399. The average Bonchev–Trinajstić information content (AvgIpc) is 2.78. The monoisotopic (exact) mass is 451 g/mol. The summed E-state index contributed by atoms with van der Waals surface area (Å²) in [5.74, 6) is 0. The van der Waals surface area contributed by atoms with Gasteiger partial charge in [-0.2, -0.15) is 0 Å². The smallest absolute Gasteiger partial charge is 0.0689 e. The van der Waals surface area contributed by atoms with Crippen LogP contribution in [-0.2, 0) is 47.0 Å². The molecule has 0 saturated carbocycles. The first-order valence-electron chi connectivity index (χ1n) is 5.23. The van der Waals surface area contributed by atoms with Gasteiger partial charge in [0.25, 0.3) is 0 Å². The van der Waals surface area contributed by atoms with Crippen LogP contribution in [0.5, 0.6) is 0 Å². The Morgan fingerprint density at radius 1 is 0.842 bits per heavy atom. The molecular formula is C10H16AuN5O3. The largest absolute Gasteiger partial charge is 0.356 e. The summed E-state index contributed by atoms with van der Waals surface area (Å²) in [6.07, 6.45) is 8.42. The number of aromatic nitrogens is 4. The van der Waals surface area contributed by atoms with E-state index in [1.165, 1.54) is 7.26 Å². The number of rotatable bonds is 0. The second kappa shape index (κ2) is 6.50. The number of imidazole rings is 2. The van der Waals surface area contributed by atoms with Crippen LogP contribution in [0.2, 0.25) is 0 Å². The molecule has 0 fully saturated rings. The standard InChI is InChI=1S/2C5H8N2.Au.NO3/c2*1-6-3-4-7(2)5-6;;2-1(3)4/h2*3-4H,1-2H3;;/q;;+1;-1. The minimum Gasteiger partial charge on any atom is -0.356 e. The van der Waals surface area contributed by atoms with Crippen LogP contribution in [0, 0.1) is 22.6 Å². The SMILES string of the molecule is Cn1ccn(C)[c]1=[Au+]=[c]1n(C)ccn1C.O=[N+]([O-])[O-]. The Morgan fingerprint density at radius 3 is 1.26 bits per heavy atom. The molecule has 0 bridgehead atoms. The number of hydrogen-bond donors (Lipinski definition) is 0. The van der Waals surface area contributed by atoms with Crippen LogP contribution in [0.1, 0.15) is 0 Å². The van der Waals surface area contributed by atoms with Gasteiger partial charge in [0, 0.05) is 0 Å². The molecule has 2 heterocycles. The summed E-state index contributed by atoms with van der Waals surface area (Å²) in [4.78, 5) is 8.25. The van der Waals surface area contributed by atoms with Crippen molar-refractivity contribution < 1.29 is 23.9 Å². The van der Waals surface area contributed by atoms with E-state index >= 15 is 0 Å². The molecular weight excluding hydrogens is 435 g/mol. The summed E-state index contributed by atoms with van der Waals surface area (Å²) < 4.78 is 11.6. The van der Waals surface area contributed by atoms with Gasteiger partial charge in [-0.15, -0.1) is 0 Å². The summed E-state index contributed by atoms with van der Waals surface area (Å²) in [5, 5.41) is 14.8. The zero-order valence-corrected chi connectivity index (χ0v) is 13.2. The third kappa shape index (κ3) is 4.19. The molecule has 0 unspecified atom stereocenters. The first kappa shape index (κ1) is 15.4. The molecule has 8 nitrogen and oxygen atoms in total. The van der Waals surface area contributed by atoms with Crippen LogP contribution in [0.4, 0.5) is 0 Å². The average molecular weight is 451 g/mol. The van der Waals surface area contributed by atoms with Gasteiger partial charge in [-0.3, -0.25) is 0 Å². The fraction of sp³-hybridized carbons (Fsp3) is 0.400. The van der Waals surface area contributed by atoms with E-state index in [4.69, 9.17) is 15.3 Å². The molecule has 0 aliphatic heterocycles. The van der Waals surface area contributed by atoms with Gasteiger partial charge in [0.1, 0.15) is 0 Å². The molecule has 0 radical (unpaired) electrons. The Bertz CT molecular complexity index is 613. The third-order valence-corrected chi connectivity index (χ3v) is 6.24. The van der Waals surface area contributed by atoms with Gasteiger partial charge in [-0.1, -0.05) is 0 Å². The van der Waals surface area contributed by atoms with Crippen molar-refractivity contribution in [3.05, 3.63) is 47.4 Å². The number of aryl methyl sites for hydroxylation is 4. The molecule has 0 aliphatic rings. The number of nitrogens with zero attached hydrogens (tertiary/aromatic N) is 5. The summed E-state index contributed by atoms with van der Waals surface area (Å²) in [6.45, 7) is 0. The van der Waals surface area contributed by atoms with Crippen molar-refractivity contribution in [1.29, 1.82) is 0 Å². The normalized spacial score (nSPS) is 10.1. The van der Waals surface area contributed by atoms with Gasteiger partial charge in [-0.25, -0.2) is 0 Å². The molecule has 0 atom stereocenters. The van der Waals surface area contributed by atoms with E-state index in [1.807, 2.05) is 0 Å². The maximum atomic E-state index is 8.25. The minimum atomic E-state index is -1.75. The predicted molar refractivity (Wildman–Crippen MR) is 65.6 cm³/mol. The van der Waals surface area contributed by atoms with Crippen molar-refractivity contribution in [2.75, 3.05) is 0 Å². The maximum Gasteiger partial charge on any atom is 0.0689 e. The van der Waals surface area contributed by atoms with Crippen LogP contribution in [-0.4, -0.2) is 23.4 Å². The maximum absolute atomic E-state index is 8.25. The van der Waals surface area contributed by atoms with Gasteiger partial charge in [0.2, 0.25) is 0 Å². The number of hydrogen-bond acceptors (Lipinski definition) is 3. The van der Waals surface area contributed by atoms with E-state index in [0.29, 0.717) is 0 Å². The second-order valence-corrected chi connectivity index (χ2v) is 6.29. The summed E-state index contributed by atoms with van der Waals surface area (Å²) in [6, 6.07) is 0. The predicted octanol–water partition coefficient (Wildman–Crippen LogP) is 0.648. The van der Waals surface area contributed by atoms with Crippen LogP contribution >= 0.6 is 0 Å². The van der Waals surface area contributed by atoms with E-state index in [2.05, 4.69) is 71.2 Å². The zero-order chi connectivity index (χ0) is 14.6. The Hall–Kier alpha value is -1.64. The van der Waals surface area contributed by atoms with Gasteiger partial charge in [0.05, 0.1) is 5.09 Å². The molecule has 110 valence electrons. The van der Waals surface area contributed by atoms with Crippen LogP contribution < -0.4 is 0 Å². The van der Waals surface area contributed by atoms with Crippen LogP contribution in [0.15, 0.2) is 24.8 Å². The molecule has 9 heteroatoms. The fourth-order valence-electron chi connectivity index (χ4n) is 1.39. The van der Waals surface area contributed by atoms with Crippen molar-refractivity contribution in [3.8, 4) is 0 Å². The summed E-state index contributed by atoms with van der Waals surface area (Å²) in [5.41, 5.74) is 0. The molecule has 0 spiro atoms.